The fraction of sp³-hybridized carbons (Fsp3) is 0.381. The molecular formula is C21H24N4O3. The van der Waals surface area contributed by atoms with Crippen LogP contribution in [-0.2, 0) is 6.54 Å². The Morgan fingerprint density at radius 2 is 1.93 bits per heavy atom. The molecule has 2 heterocycles. The minimum absolute atomic E-state index is 0.137. The van der Waals surface area contributed by atoms with Gasteiger partial charge in [0.2, 0.25) is 0 Å². The molecule has 0 aliphatic carbocycles. The molecule has 0 bridgehead atoms. The predicted octanol–water partition coefficient (Wildman–Crippen LogP) is 3.35. The molecule has 1 aliphatic heterocycles. The van der Waals surface area contributed by atoms with Crippen molar-refractivity contribution >= 4 is 16.9 Å². The van der Waals surface area contributed by atoms with E-state index < -0.39 is 0 Å². The third kappa shape index (κ3) is 3.40. The van der Waals surface area contributed by atoms with E-state index in [0.29, 0.717) is 18.8 Å². The van der Waals surface area contributed by atoms with E-state index in [-0.39, 0.29) is 17.9 Å². The summed E-state index contributed by atoms with van der Waals surface area (Å²) < 4.78 is 13.1. The Morgan fingerprint density at radius 3 is 2.68 bits per heavy atom. The Hall–Kier alpha value is -3.09. The summed E-state index contributed by atoms with van der Waals surface area (Å²) in [4.78, 5) is 12.9. The number of fused-ring (bicyclic) bond motifs is 2. The number of aryl methyl sites for hydroxylation is 1. The highest BCUT2D eigenvalue weighted by atomic mass is 16.6. The number of nitrogens with one attached hydrogen (secondary N) is 1. The number of carbonyl (C=O) groups is 1. The summed E-state index contributed by atoms with van der Waals surface area (Å²) in [5, 5.41) is 11.4. The van der Waals surface area contributed by atoms with Crippen molar-refractivity contribution in [2.75, 3.05) is 13.2 Å². The quantitative estimate of drug-likeness (QED) is 0.734. The molecule has 7 heteroatoms. The average Bonchev–Trinajstić information content (AvgIpc) is 3.13. The van der Waals surface area contributed by atoms with Crippen molar-refractivity contribution in [1.29, 1.82) is 0 Å². The second-order valence-corrected chi connectivity index (χ2v) is 7.21. The first-order chi connectivity index (χ1) is 13.6. The van der Waals surface area contributed by atoms with Crippen LogP contribution in [0.25, 0.3) is 11.0 Å². The second kappa shape index (κ2) is 7.50. The molecule has 0 radical (unpaired) electrons. The molecule has 0 saturated heterocycles. The van der Waals surface area contributed by atoms with Gasteiger partial charge in [0.05, 0.1) is 11.6 Å². The summed E-state index contributed by atoms with van der Waals surface area (Å²) >= 11 is 0. The van der Waals surface area contributed by atoms with Crippen molar-refractivity contribution in [2.45, 2.75) is 33.4 Å². The van der Waals surface area contributed by atoms with E-state index in [1.165, 1.54) is 0 Å². The van der Waals surface area contributed by atoms with Crippen LogP contribution in [0.2, 0.25) is 0 Å². The minimum atomic E-state index is -0.148. The molecule has 1 amide bonds. The van der Waals surface area contributed by atoms with Gasteiger partial charge in [-0.2, -0.15) is 0 Å². The number of hydrogen-bond donors (Lipinski definition) is 1. The van der Waals surface area contributed by atoms with Gasteiger partial charge < -0.3 is 14.8 Å². The number of ether oxygens (including phenoxy) is 2. The molecule has 4 rings (SSSR count). The summed E-state index contributed by atoms with van der Waals surface area (Å²) in [7, 11) is 0. The van der Waals surface area contributed by atoms with Gasteiger partial charge in [-0.1, -0.05) is 25.1 Å². The lowest BCUT2D eigenvalue weighted by atomic mass is 9.95. The van der Waals surface area contributed by atoms with Crippen molar-refractivity contribution < 1.29 is 14.3 Å². The molecule has 1 aliphatic rings. The van der Waals surface area contributed by atoms with Crippen LogP contribution in [-0.4, -0.2) is 34.1 Å². The van der Waals surface area contributed by atoms with Gasteiger partial charge in [-0.25, -0.2) is 4.68 Å². The number of amides is 1. The van der Waals surface area contributed by atoms with E-state index in [1.807, 2.05) is 41.9 Å². The van der Waals surface area contributed by atoms with Crippen LogP contribution < -0.4 is 14.8 Å². The van der Waals surface area contributed by atoms with Crippen LogP contribution in [0.5, 0.6) is 11.5 Å². The Balaban J connectivity index is 1.58. The maximum atomic E-state index is 12.9. The fourth-order valence-corrected chi connectivity index (χ4v) is 3.46. The van der Waals surface area contributed by atoms with E-state index >= 15 is 0 Å². The predicted molar refractivity (Wildman–Crippen MR) is 106 cm³/mol. The van der Waals surface area contributed by atoms with Crippen molar-refractivity contribution in [3.8, 4) is 11.5 Å². The summed E-state index contributed by atoms with van der Waals surface area (Å²) in [5.74, 6) is 1.53. The Bertz CT molecular complexity index is 1010. The van der Waals surface area contributed by atoms with Gasteiger partial charge in [0.25, 0.3) is 5.91 Å². The van der Waals surface area contributed by atoms with Crippen LogP contribution in [0.15, 0.2) is 36.4 Å². The van der Waals surface area contributed by atoms with Gasteiger partial charge >= 0.3 is 0 Å². The van der Waals surface area contributed by atoms with E-state index in [1.54, 1.807) is 6.07 Å². The molecule has 2 aromatic carbocycles. The Labute approximate surface area is 163 Å². The summed E-state index contributed by atoms with van der Waals surface area (Å²) in [6, 6.07) is 11.2. The molecule has 0 unspecified atom stereocenters. The molecule has 1 N–H and O–H groups in total. The van der Waals surface area contributed by atoms with E-state index in [0.717, 1.165) is 34.6 Å². The van der Waals surface area contributed by atoms with Crippen LogP contribution in [0.1, 0.15) is 42.7 Å². The molecule has 7 nitrogen and oxygen atoms in total. The van der Waals surface area contributed by atoms with Crippen LogP contribution in [0.3, 0.4) is 0 Å². The summed E-state index contributed by atoms with van der Waals surface area (Å²) in [6.45, 7) is 8.00. The van der Waals surface area contributed by atoms with Gasteiger partial charge in [0.1, 0.15) is 18.7 Å². The zero-order chi connectivity index (χ0) is 19.7. The molecular weight excluding hydrogens is 356 g/mol. The third-order valence-corrected chi connectivity index (χ3v) is 4.95. The van der Waals surface area contributed by atoms with Gasteiger partial charge in [-0.15, -0.1) is 5.10 Å². The SMILES string of the molecule is CCn1nnc2cc(C(=O)N[C@@H](c3ccc4c(c3)OCCO4)C(C)C)ccc21. The first-order valence-electron chi connectivity index (χ1n) is 9.60. The first-order valence-corrected chi connectivity index (χ1v) is 9.60. The van der Waals surface area contributed by atoms with E-state index in [4.69, 9.17) is 9.47 Å². The highest BCUT2D eigenvalue weighted by molar-refractivity contribution is 5.97. The molecule has 3 aromatic rings. The summed E-state index contributed by atoms with van der Waals surface area (Å²) in [5.41, 5.74) is 3.20. The number of carbonyl (C=O) groups excluding carboxylic acids is 1. The van der Waals surface area contributed by atoms with Crippen LogP contribution >= 0.6 is 0 Å². The van der Waals surface area contributed by atoms with E-state index in [2.05, 4.69) is 29.5 Å². The lowest BCUT2D eigenvalue weighted by Gasteiger charge is -2.25. The molecule has 0 saturated carbocycles. The van der Waals surface area contributed by atoms with E-state index in [9.17, 15) is 4.79 Å². The third-order valence-electron chi connectivity index (χ3n) is 4.95. The monoisotopic (exact) mass is 380 g/mol. The van der Waals surface area contributed by atoms with Crippen LogP contribution in [0, 0.1) is 5.92 Å². The van der Waals surface area contributed by atoms with Crippen LogP contribution in [0.4, 0.5) is 0 Å². The topological polar surface area (TPSA) is 78.3 Å². The van der Waals surface area contributed by atoms with Gasteiger partial charge in [-0.3, -0.25) is 4.79 Å². The largest absolute Gasteiger partial charge is 0.486 e. The normalized spacial score (nSPS) is 14.3. The summed E-state index contributed by atoms with van der Waals surface area (Å²) in [6.07, 6.45) is 0. The number of benzene rings is 2. The standard InChI is InChI=1S/C21H24N4O3/c1-4-25-17-7-5-15(11-16(17)23-24-25)21(26)22-20(13(2)3)14-6-8-18-19(12-14)28-10-9-27-18/h5-8,11-13,20H,4,9-10H2,1-3H3,(H,22,26)/t20-/m1/s1. The maximum Gasteiger partial charge on any atom is 0.251 e. The Kier molecular flexibility index (Phi) is 4.90. The highest BCUT2D eigenvalue weighted by Gasteiger charge is 2.22. The number of aromatic nitrogens is 3. The lowest BCUT2D eigenvalue weighted by Crippen LogP contribution is -2.32. The molecule has 0 spiro atoms. The maximum absolute atomic E-state index is 12.9. The second-order valence-electron chi connectivity index (χ2n) is 7.21. The zero-order valence-electron chi connectivity index (χ0n) is 16.3. The van der Waals surface area contributed by atoms with Crippen molar-refractivity contribution in [3.05, 3.63) is 47.5 Å². The van der Waals surface area contributed by atoms with Crippen molar-refractivity contribution in [2.24, 2.45) is 5.92 Å². The van der Waals surface area contributed by atoms with Gasteiger partial charge in [0, 0.05) is 12.1 Å². The molecule has 28 heavy (non-hydrogen) atoms. The van der Waals surface area contributed by atoms with Gasteiger partial charge in [0.15, 0.2) is 11.5 Å². The number of nitrogens with zero attached hydrogens (tertiary/aromatic N) is 3. The smallest absolute Gasteiger partial charge is 0.251 e. The number of hydrogen-bond acceptors (Lipinski definition) is 5. The minimum Gasteiger partial charge on any atom is -0.486 e. The fourth-order valence-electron chi connectivity index (χ4n) is 3.46. The highest BCUT2D eigenvalue weighted by Crippen LogP contribution is 2.34. The van der Waals surface area contributed by atoms with Gasteiger partial charge in [-0.05, 0) is 48.7 Å². The molecule has 0 fully saturated rings. The lowest BCUT2D eigenvalue weighted by molar-refractivity contribution is 0.0925. The zero-order valence-corrected chi connectivity index (χ0v) is 16.3. The molecule has 146 valence electrons. The molecule has 1 atom stereocenters. The van der Waals surface area contributed by atoms with Crippen molar-refractivity contribution in [3.63, 3.8) is 0 Å². The van der Waals surface area contributed by atoms with Crippen molar-refractivity contribution in [1.82, 2.24) is 20.3 Å². The first kappa shape index (κ1) is 18.3. The number of rotatable bonds is 5. The molecule has 1 aromatic heterocycles. The Morgan fingerprint density at radius 1 is 1.14 bits per heavy atom. The average molecular weight is 380 g/mol.